The number of amides is 1. The Kier molecular flexibility index (Phi) is 7.81. The van der Waals surface area contributed by atoms with Crippen molar-refractivity contribution in [3.8, 4) is 11.5 Å². The van der Waals surface area contributed by atoms with Crippen molar-refractivity contribution in [1.82, 2.24) is 0 Å². The number of hydrogen-bond acceptors (Lipinski definition) is 6. The maximum atomic E-state index is 12.9. The van der Waals surface area contributed by atoms with E-state index in [0.717, 1.165) is 0 Å². The number of anilines is 1. The summed E-state index contributed by atoms with van der Waals surface area (Å²) in [5, 5.41) is 0.755. The predicted octanol–water partition coefficient (Wildman–Crippen LogP) is 4.74. The van der Waals surface area contributed by atoms with Crippen molar-refractivity contribution < 1.29 is 22.7 Å². The number of halogens is 2. The first-order chi connectivity index (χ1) is 16.2. The third kappa shape index (κ3) is 5.40. The van der Waals surface area contributed by atoms with Gasteiger partial charge in [-0.05, 0) is 41.4 Å². The quantitative estimate of drug-likeness (QED) is 0.462. The Bertz CT molecular complexity index is 1240. The number of hydrogen-bond donors (Lipinski definition) is 0. The van der Waals surface area contributed by atoms with E-state index in [2.05, 4.69) is 20.9 Å². The van der Waals surface area contributed by atoms with E-state index in [1.165, 1.54) is 11.8 Å². The fourth-order valence-corrected chi connectivity index (χ4v) is 8.68. The number of rotatable bonds is 7. The standard InChI is InChI=1S/C23H24BrClN2O5S2/c1-3-31-19-10-15(24)17(11-20(19)32-4-2)27-18-12-34(29,30)13-21(18)33-23(27)26-22(28)9-14-7-5-6-8-16(14)25/h5-8,10-11,18,21H,3-4,9,12-13H2,1-2H3/t18-,21+/m1/s1. The summed E-state index contributed by atoms with van der Waals surface area (Å²) in [6.45, 7) is 4.67. The molecule has 2 aromatic carbocycles. The lowest BCUT2D eigenvalue weighted by Crippen LogP contribution is -2.38. The van der Waals surface area contributed by atoms with Gasteiger partial charge in [-0.15, -0.1) is 0 Å². The summed E-state index contributed by atoms with van der Waals surface area (Å²) in [7, 11) is -3.19. The molecular formula is C23H24BrClN2O5S2. The molecule has 2 heterocycles. The highest BCUT2D eigenvalue weighted by Crippen LogP contribution is 2.46. The van der Waals surface area contributed by atoms with Crippen LogP contribution in [-0.2, 0) is 21.1 Å². The molecule has 4 rings (SSSR count). The second-order valence-corrected chi connectivity index (χ2v) is 12.5. The summed E-state index contributed by atoms with van der Waals surface area (Å²) >= 11 is 11.1. The van der Waals surface area contributed by atoms with E-state index in [0.29, 0.717) is 50.6 Å². The van der Waals surface area contributed by atoms with Crippen molar-refractivity contribution >= 4 is 65.9 Å². The third-order valence-corrected chi connectivity index (χ3v) is 9.67. The van der Waals surface area contributed by atoms with Crippen molar-refractivity contribution in [2.75, 3.05) is 29.6 Å². The number of thioether (sulfide) groups is 1. The van der Waals surface area contributed by atoms with Crippen molar-refractivity contribution in [3.63, 3.8) is 0 Å². The van der Waals surface area contributed by atoms with Crippen LogP contribution in [0.5, 0.6) is 11.5 Å². The lowest BCUT2D eigenvalue weighted by atomic mass is 10.1. The van der Waals surface area contributed by atoms with Gasteiger partial charge in [-0.2, -0.15) is 4.99 Å². The molecule has 0 unspecified atom stereocenters. The Morgan fingerprint density at radius 3 is 2.53 bits per heavy atom. The highest BCUT2D eigenvalue weighted by atomic mass is 79.9. The fourth-order valence-electron chi connectivity index (χ4n) is 4.04. The number of aliphatic imine (C=N–C) groups is 1. The van der Waals surface area contributed by atoms with Crippen LogP contribution in [-0.4, -0.2) is 55.5 Å². The van der Waals surface area contributed by atoms with E-state index in [4.69, 9.17) is 21.1 Å². The smallest absolute Gasteiger partial charge is 0.252 e. The zero-order valence-corrected chi connectivity index (χ0v) is 22.6. The Balaban J connectivity index is 1.73. The molecular weight excluding hydrogens is 564 g/mol. The monoisotopic (exact) mass is 586 g/mol. The molecule has 0 aromatic heterocycles. The number of carbonyl (C=O) groups is 1. The first kappa shape index (κ1) is 25.3. The minimum atomic E-state index is -3.19. The van der Waals surface area contributed by atoms with Gasteiger partial charge in [0.05, 0.1) is 42.9 Å². The largest absolute Gasteiger partial charge is 0.490 e. The highest BCUT2D eigenvalue weighted by Gasteiger charge is 2.50. The second kappa shape index (κ2) is 10.5. The molecule has 2 aliphatic rings. The van der Waals surface area contributed by atoms with Crippen molar-refractivity contribution in [2.24, 2.45) is 4.99 Å². The van der Waals surface area contributed by atoms with E-state index in [1.807, 2.05) is 24.8 Å². The molecule has 7 nitrogen and oxygen atoms in total. The molecule has 0 spiro atoms. The third-order valence-electron chi connectivity index (χ3n) is 5.46. The van der Waals surface area contributed by atoms with E-state index >= 15 is 0 Å². The van der Waals surface area contributed by atoms with E-state index in [9.17, 15) is 13.2 Å². The van der Waals surface area contributed by atoms with Gasteiger partial charge < -0.3 is 14.4 Å². The molecule has 11 heteroatoms. The first-order valence-corrected chi connectivity index (χ1v) is 14.7. The van der Waals surface area contributed by atoms with Gasteiger partial charge in [0, 0.05) is 26.9 Å². The summed E-state index contributed by atoms with van der Waals surface area (Å²) in [5.74, 6) is 0.806. The molecule has 1 amide bonds. The summed E-state index contributed by atoms with van der Waals surface area (Å²) in [4.78, 5) is 19.1. The van der Waals surface area contributed by atoms with Crippen molar-refractivity contribution in [1.29, 1.82) is 0 Å². The molecule has 0 saturated carbocycles. The number of carbonyl (C=O) groups excluding carboxylic acids is 1. The van der Waals surface area contributed by atoms with Gasteiger partial charge >= 0.3 is 0 Å². The molecule has 2 aromatic rings. The summed E-state index contributed by atoms with van der Waals surface area (Å²) in [5.41, 5.74) is 1.37. The second-order valence-electron chi connectivity index (χ2n) is 7.84. The zero-order chi connectivity index (χ0) is 24.5. The maximum Gasteiger partial charge on any atom is 0.252 e. The first-order valence-electron chi connectivity index (χ1n) is 10.8. The molecule has 0 N–H and O–H groups in total. The van der Waals surface area contributed by atoms with Crippen LogP contribution in [0.25, 0.3) is 0 Å². The molecule has 0 aliphatic carbocycles. The van der Waals surface area contributed by atoms with Crippen LogP contribution in [0.15, 0.2) is 45.9 Å². The Labute approximate surface area is 216 Å². The average Bonchev–Trinajstić information content (AvgIpc) is 3.22. The van der Waals surface area contributed by atoms with Crippen LogP contribution in [0.4, 0.5) is 5.69 Å². The molecule has 34 heavy (non-hydrogen) atoms. The molecule has 2 fully saturated rings. The minimum Gasteiger partial charge on any atom is -0.490 e. The number of fused-ring (bicyclic) bond motifs is 1. The molecule has 2 aliphatic heterocycles. The van der Waals surface area contributed by atoms with Crippen LogP contribution < -0.4 is 14.4 Å². The number of benzene rings is 2. The molecule has 0 bridgehead atoms. The zero-order valence-electron chi connectivity index (χ0n) is 18.7. The number of amidine groups is 1. The van der Waals surface area contributed by atoms with Gasteiger partial charge in [-0.25, -0.2) is 8.42 Å². The minimum absolute atomic E-state index is 0.00793. The Morgan fingerprint density at radius 2 is 1.85 bits per heavy atom. The number of ether oxygens (including phenoxy) is 2. The van der Waals surface area contributed by atoms with Gasteiger partial charge in [-0.1, -0.05) is 41.6 Å². The summed E-state index contributed by atoms with van der Waals surface area (Å²) in [6.07, 6.45) is 0.0554. The molecule has 2 saturated heterocycles. The van der Waals surface area contributed by atoms with Crippen molar-refractivity contribution in [3.05, 3.63) is 51.5 Å². The van der Waals surface area contributed by atoms with Crippen LogP contribution in [0, 0.1) is 0 Å². The van der Waals surface area contributed by atoms with Gasteiger partial charge in [0.15, 0.2) is 26.5 Å². The maximum absolute atomic E-state index is 12.9. The Morgan fingerprint density at radius 1 is 1.18 bits per heavy atom. The van der Waals surface area contributed by atoms with E-state index < -0.39 is 9.84 Å². The van der Waals surface area contributed by atoms with Gasteiger partial charge in [0.1, 0.15) is 0 Å². The highest BCUT2D eigenvalue weighted by molar-refractivity contribution is 9.10. The van der Waals surface area contributed by atoms with E-state index in [-0.39, 0.29) is 35.1 Å². The topological polar surface area (TPSA) is 85.3 Å². The predicted molar refractivity (Wildman–Crippen MR) is 140 cm³/mol. The van der Waals surface area contributed by atoms with Gasteiger partial charge in [0.25, 0.3) is 5.91 Å². The molecule has 2 atom stereocenters. The molecule has 0 radical (unpaired) electrons. The average molecular weight is 588 g/mol. The van der Waals surface area contributed by atoms with Crippen LogP contribution >= 0.6 is 39.3 Å². The van der Waals surface area contributed by atoms with Crippen LogP contribution in [0.3, 0.4) is 0 Å². The van der Waals surface area contributed by atoms with Crippen LogP contribution in [0.2, 0.25) is 5.02 Å². The lowest BCUT2D eigenvalue weighted by Gasteiger charge is -2.27. The van der Waals surface area contributed by atoms with Crippen molar-refractivity contribution in [2.45, 2.75) is 31.6 Å². The molecule has 182 valence electrons. The summed E-state index contributed by atoms with van der Waals surface area (Å²) in [6, 6.07) is 10.4. The number of nitrogens with zero attached hydrogens (tertiary/aromatic N) is 2. The van der Waals surface area contributed by atoms with E-state index in [1.54, 1.807) is 30.3 Å². The fraction of sp³-hybridized carbons (Fsp3) is 0.391. The van der Waals surface area contributed by atoms with Gasteiger partial charge in [-0.3, -0.25) is 4.79 Å². The summed E-state index contributed by atoms with van der Waals surface area (Å²) < 4.78 is 37.0. The SMILES string of the molecule is CCOc1cc(Br)c(N2C(=NC(=O)Cc3ccccc3Cl)S[C@H]3CS(=O)(=O)C[C@H]32)cc1OCC. The number of sulfone groups is 1. The van der Waals surface area contributed by atoms with Crippen LogP contribution in [0.1, 0.15) is 19.4 Å². The van der Waals surface area contributed by atoms with Gasteiger partial charge in [0.2, 0.25) is 0 Å². The normalized spacial score (nSPS) is 22.1. The lowest BCUT2D eigenvalue weighted by molar-refractivity contribution is -0.117. The Hall–Kier alpha value is -1.75.